The van der Waals surface area contributed by atoms with Gasteiger partial charge in [-0.25, -0.2) is 4.79 Å². The largest absolute Gasteiger partial charge is 0.477 e. The fourth-order valence-corrected chi connectivity index (χ4v) is 0.904. The molecule has 0 saturated carbocycles. The zero-order valence-electron chi connectivity index (χ0n) is 9.57. The monoisotopic (exact) mass is 427 g/mol. The predicted octanol–water partition coefficient (Wildman–Crippen LogP) is 3.81. The van der Waals surface area contributed by atoms with Gasteiger partial charge in [0.1, 0.15) is 0 Å². The van der Waals surface area contributed by atoms with E-state index in [0.717, 1.165) is 0 Å². The Morgan fingerprint density at radius 1 is 0.565 bits per heavy atom. The van der Waals surface area contributed by atoms with Crippen molar-refractivity contribution in [1.82, 2.24) is 0 Å². The number of alkyl halides is 13. The summed E-state index contributed by atoms with van der Waals surface area (Å²) in [5.74, 6) is -43.0. The minimum Gasteiger partial charge on any atom is -0.477 e. The van der Waals surface area contributed by atoms with Crippen LogP contribution in [-0.2, 0) is 21.9 Å². The molecule has 1 radical (unpaired) electrons. The summed E-state index contributed by atoms with van der Waals surface area (Å²) in [4.78, 5) is 9.67. The zero-order chi connectivity index (χ0) is 18.6. The number of hydrogen-bond donors (Lipinski definition) is 1. The summed E-state index contributed by atoms with van der Waals surface area (Å²) >= 11 is 0. The Balaban J connectivity index is 0. The first-order valence-corrected chi connectivity index (χ1v) is 4.38. The number of aliphatic carboxylic acids is 1. The number of carboxylic acids is 1. The molecule has 0 aliphatic rings. The molecule has 0 amide bonds. The van der Waals surface area contributed by atoms with Gasteiger partial charge in [0.15, 0.2) is 0 Å². The first kappa shape index (κ1) is 24.3. The first-order chi connectivity index (χ1) is 9.19. The number of carboxylic acid groups (broad SMARTS) is 1. The third kappa shape index (κ3) is 3.06. The third-order valence-electron chi connectivity index (χ3n) is 2.20. The van der Waals surface area contributed by atoms with E-state index in [1.807, 2.05) is 0 Å². The van der Waals surface area contributed by atoms with Crippen LogP contribution in [-0.4, -0.2) is 46.9 Å². The van der Waals surface area contributed by atoms with Gasteiger partial charge in [-0.3, -0.25) is 0 Å². The Bertz CT molecular complexity index is 454. The molecule has 0 rings (SSSR count). The van der Waals surface area contributed by atoms with Gasteiger partial charge in [-0.1, -0.05) is 0 Å². The quantitative estimate of drug-likeness (QED) is 0.535. The molecular weight excluding hydrogens is 427 g/mol. The fraction of sp³-hybridized carbons (Fsp3) is 0.857. The molecule has 0 aromatic heterocycles. The first-order valence-electron chi connectivity index (χ1n) is 4.38. The van der Waals surface area contributed by atoms with Crippen LogP contribution in [0.1, 0.15) is 0 Å². The van der Waals surface area contributed by atoms with Crippen molar-refractivity contribution in [3.8, 4) is 0 Å². The number of hydrogen-bond acceptors (Lipinski definition) is 1. The smallest absolute Gasteiger partial charge is 0.460 e. The zero-order valence-corrected chi connectivity index (χ0v) is 10.5. The maximum absolute atomic E-state index is 12.6. The van der Waals surface area contributed by atoms with Crippen molar-refractivity contribution in [2.75, 3.05) is 0 Å². The number of rotatable bonds is 5. The van der Waals surface area contributed by atoms with Crippen LogP contribution in [0, 0.1) is 0 Å². The summed E-state index contributed by atoms with van der Waals surface area (Å²) in [6.07, 6.45) is -7.52. The third-order valence-corrected chi connectivity index (χ3v) is 2.20. The molecule has 0 saturated heterocycles. The fourth-order valence-electron chi connectivity index (χ4n) is 0.904. The Kier molecular flexibility index (Phi) is 6.20. The molecule has 0 atom stereocenters. The van der Waals surface area contributed by atoms with Crippen molar-refractivity contribution in [1.29, 1.82) is 0 Å². The molecule has 0 aromatic carbocycles. The summed E-state index contributed by atoms with van der Waals surface area (Å²) in [6, 6.07) is 0. The topological polar surface area (TPSA) is 37.3 Å². The van der Waals surface area contributed by atoms with Crippen molar-refractivity contribution in [2.24, 2.45) is 0 Å². The van der Waals surface area contributed by atoms with E-state index in [4.69, 9.17) is 5.11 Å². The van der Waals surface area contributed by atoms with E-state index in [1.54, 1.807) is 0 Å². The van der Waals surface area contributed by atoms with E-state index in [0.29, 0.717) is 0 Å². The number of halogens is 13. The van der Waals surface area contributed by atoms with Gasteiger partial charge in [0.25, 0.3) is 0 Å². The molecular formula is C7HCuF13O2. The van der Waals surface area contributed by atoms with Crippen molar-refractivity contribution < 1.29 is 84.0 Å². The van der Waals surface area contributed by atoms with Crippen LogP contribution >= 0.6 is 0 Å². The van der Waals surface area contributed by atoms with Crippen LogP contribution in [0.5, 0.6) is 0 Å². The van der Waals surface area contributed by atoms with Crippen molar-refractivity contribution in [3.05, 3.63) is 0 Å². The van der Waals surface area contributed by atoms with E-state index < -0.39 is 41.8 Å². The second kappa shape index (κ2) is 5.86. The van der Waals surface area contributed by atoms with Crippen LogP contribution in [0.25, 0.3) is 0 Å². The maximum Gasteiger partial charge on any atom is 0.460 e. The van der Waals surface area contributed by atoms with Gasteiger partial charge in [-0.05, 0) is 0 Å². The summed E-state index contributed by atoms with van der Waals surface area (Å²) in [5.41, 5.74) is 0. The van der Waals surface area contributed by atoms with Gasteiger partial charge in [0.2, 0.25) is 0 Å². The second-order valence-electron chi connectivity index (χ2n) is 3.67. The average Bonchev–Trinajstić information content (AvgIpc) is 2.25. The Morgan fingerprint density at radius 3 is 1.04 bits per heavy atom. The van der Waals surface area contributed by atoms with Crippen LogP contribution in [0.15, 0.2) is 0 Å². The van der Waals surface area contributed by atoms with Gasteiger partial charge >= 0.3 is 41.8 Å². The van der Waals surface area contributed by atoms with E-state index in [-0.39, 0.29) is 17.1 Å². The molecule has 23 heavy (non-hydrogen) atoms. The molecule has 0 aliphatic heterocycles. The molecule has 1 N–H and O–H groups in total. The molecule has 0 aliphatic carbocycles. The van der Waals surface area contributed by atoms with Crippen LogP contribution in [0.4, 0.5) is 57.1 Å². The summed E-state index contributed by atoms with van der Waals surface area (Å²) in [6.45, 7) is 0. The molecule has 0 fully saturated rings. The van der Waals surface area contributed by atoms with Gasteiger partial charge in [0, 0.05) is 17.1 Å². The summed E-state index contributed by atoms with van der Waals surface area (Å²) < 4.78 is 159. The van der Waals surface area contributed by atoms with Crippen molar-refractivity contribution in [3.63, 3.8) is 0 Å². The van der Waals surface area contributed by atoms with E-state index in [1.165, 1.54) is 0 Å². The van der Waals surface area contributed by atoms with E-state index in [2.05, 4.69) is 0 Å². The van der Waals surface area contributed by atoms with Gasteiger partial charge < -0.3 is 5.11 Å². The van der Waals surface area contributed by atoms with Crippen molar-refractivity contribution in [2.45, 2.75) is 35.8 Å². The van der Waals surface area contributed by atoms with Gasteiger partial charge in [-0.2, -0.15) is 57.1 Å². The van der Waals surface area contributed by atoms with Gasteiger partial charge in [-0.15, -0.1) is 0 Å². The molecule has 143 valence electrons. The molecule has 0 heterocycles. The minimum atomic E-state index is -8.08. The Morgan fingerprint density at radius 2 is 0.826 bits per heavy atom. The molecule has 16 heteroatoms. The molecule has 0 aromatic rings. The van der Waals surface area contributed by atoms with Crippen LogP contribution in [0.3, 0.4) is 0 Å². The Labute approximate surface area is 127 Å². The normalized spacial score (nSPS) is 15.2. The van der Waals surface area contributed by atoms with E-state index >= 15 is 0 Å². The summed E-state index contributed by atoms with van der Waals surface area (Å²) in [7, 11) is 0. The molecule has 2 nitrogen and oxygen atoms in total. The average molecular weight is 428 g/mol. The second-order valence-corrected chi connectivity index (χ2v) is 3.67. The predicted molar refractivity (Wildman–Crippen MR) is 38.4 cm³/mol. The van der Waals surface area contributed by atoms with E-state index in [9.17, 15) is 61.9 Å². The Hall–Kier alpha value is -0.921. The standard InChI is InChI=1S/C7HF13O2.Cu/c8-2(9,1(21)22)3(10,11)4(12,13)5(14,15)6(16,17)7(18,19)20;/h(H,21,22);. The van der Waals surface area contributed by atoms with Gasteiger partial charge in [0.05, 0.1) is 0 Å². The van der Waals surface area contributed by atoms with Crippen LogP contribution in [0.2, 0.25) is 0 Å². The van der Waals surface area contributed by atoms with Crippen molar-refractivity contribution >= 4 is 5.97 Å². The molecule has 0 spiro atoms. The molecule has 0 bridgehead atoms. The maximum atomic E-state index is 12.6. The SMILES string of the molecule is O=C(O)C(F)(F)C(F)(F)C(F)(F)C(F)(F)C(F)(F)C(F)(F)F.[Cu]. The van der Waals surface area contributed by atoms with Crippen LogP contribution < -0.4 is 0 Å². The minimum absolute atomic E-state index is 0. The summed E-state index contributed by atoms with van der Waals surface area (Å²) in [5, 5.41) is 7.55. The number of carbonyl (C=O) groups is 1. The molecule has 0 unspecified atom stereocenters.